The van der Waals surface area contributed by atoms with Crippen LogP contribution in [0.5, 0.6) is 0 Å². The number of amides is 1. The minimum absolute atomic E-state index is 0.0564. The number of carbonyl (C=O) groups is 1. The van der Waals surface area contributed by atoms with E-state index in [4.69, 9.17) is 4.74 Å². The number of hydrogen-bond donors (Lipinski definition) is 0. The van der Waals surface area contributed by atoms with E-state index in [1.165, 1.54) is 24.3 Å². The largest absolute Gasteiger partial charge is 0.379 e. The minimum Gasteiger partial charge on any atom is -0.379 e. The zero-order valence-corrected chi connectivity index (χ0v) is 15.2. The van der Waals surface area contributed by atoms with Crippen molar-refractivity contribution >= 4 is 5.91 Å². The fourth-order valence-corrected chi connectivity index (χ4v) is 3.12. The third-order valence-electron chi connectivity index (χ3n) is 4.67. The van der Waals surface area contributed by atoms with Crippen LogP contribution in [0.4, 0.5) is 8.78 Å². The molecule has 2 aromatic rings. The lowest BCUT2D eigenvalue weighted by Gasteiger charge is -2.30. The van der Waals surface area contributed by atoms with Crippen LogP contribution in [0.1, 0.15) is 11.1 Å². The Hall–Kier alpha value is -2.31. The van der Waals surface area contributed by atoms with Gasteiger partial charge in [0, 0.05) is 32.7 Å². The van der Waals surface area contributed by atoms with E-state index in [0.29, 0.717) is 26.3 Å². The first-order chi connectivity index (χ1) is 13.1. The fourth-order valence-electron chi connectivity index (χ4n) is 3.12. The molecule has 0 radical (unpaired) electrons. The smallest absolute Gasteiger partial charge is 0.227 e. The number of hydrogen-bond acceptors (Lipinski definition) is 3. The highest BCUT2D eigenvalue weighted by atomic mass is 19.1. The number of morpholine rings is 1. The SMILES string of the molecule is O=C(Cc1ccc(F)cc1)N(CCN1CCOCC1)Cc1cccc(F)c1. The number of rotatable bonds is 7. The van der Waals surface area contributed by atoms with Crippen LogP contribution in [0.2, 0.25) is 0 Å². The van der Waals surface area contributed by atoms with E-state index in [0.717, 1.165) is 30.8 Å². The predicted octanol–water partition coefficient (Wildman–Crippen LogP) is 2.87. The molecule has 1 fully saturated rings. The second-order valence-electron chi connectivity index (χ2n) is 6.70. The molecule has 0 bridgehead atoms. The van der Waals surface area contributed by atoms with Gasteiger partial charge in [-0.1, -0.05) is 24.3 Å². The summed E-state index contributed by atoms with van der Waals surface area (Å²) in [6.07, 6.45) is 0.193. The molecule has 0 saturated carbocycles. The van der Waals surface area contributed by atoms with Gasteiger partial charge in [0.15, 0.2) is 0 Å². The third kappa shape index (κ3) is 6.12. The van der Waals surface area contributed by atoms with Crippen molar-refractivity contribution in [1.82, 2.24) is 9.80 Å². The first kappa shape index (κ1) is 19.5. The second-order valence-corrected chi connectivity index (χ2v) is 6.70. The van der Waals surface area contributed by atoms with E-state index >= 15 is 0 Å². The van der Waals surface area contributed by atoms with Crippen molar-refractivity contribution < 1.29 is 18.3 Å². The first-order valence-electron chi connectivity index (χ1n) is 9.17. The van der Waals surface area contributed by atoms with E-state index in [1.807, 2.05) is 6.07 Å². The average molecular weight is 374 g/mol. The molecule has 1 aliphatic heterocycles. The molecule has 27 heavy (non-hydrogen) atoms. The van der Waals surface area contributed by atoms with E-state index in [2.05, 4.69) is 4.90 Å². The van der Waals surface area contributed by atoms with Crippen LogP contribution >= 0.6 is 0 Å². The van der Waals surface area contributed by atoms with Gasteiger partial charge in [-0.25, -0.2) is 8.78 Å². The maximum absolute atomic E-state index is 13.5. The minimum atomic E-state index is -0.324. The molecule has 0 atom stereocenters. The number of ether oxygens (including phenoxy) is 1. The highest BCUT2D eigenvalue weighted by Gasteiger charge is 2.18. The zero-order chi connectivity index (χ0) is 19.1. The summed E-state index contributed by atoms with van der Waals surface area (Å²) in [4.78, 5) is 16.9. The molecule has 0 aromatic heterocycles. The van der Waals surface area contributed by atoms with Crippen molar-refractivity contribution in [1.29, 1.82) is 0 Å². The lowest BCUT2D eigenvalue weighted by Crippen LogP contribution is -2.43. The molecule has 0 N–H and O–H groups in total. The summed E-state index contributed by atoms with van der Waals surface area (Å²) >= 11 is 0. The number of nitrogens with zero attached hydrogens (tertiary/aromatic N) is 2. The Morgan fingerprint density at radius 1 is 1.00 bits per heavy atom. The summed E-state index contributed by atoms with van der Waals surface area (Å²) < 4.78 is 32.0. The highest BCUT2D eigenvalue weighted by Crippen LogP contribution is 2.11. The topological polar surface area (TPSA) is 32.8 Å². The van der Waals surface area contributed by atoms with Crippen molar-refractivity contribution in [3.8, 4) is 0 Å². The third-order valence-corrected chi connectivity index (χ3v) is 4.67. The standard InChI is InChI=1S/C21H24F2N2O2/c22-19-6-4-17(5-7-19)15-21(26)25(9-8-24-10-12-27-13-11-24)16-18-2-1-3-20(23)14-18/h1-7,14H,8-13,15-16H2. The van der Waals surface area contributed by atoms with Gasteiger partial charge in [0.05, 0.1) is 19.6 Å². The van der Waals surface area contributed by atoms with Crippen LogP contribution in [0.3, 0.4) is 0 Å². The van der Waals surface area contributed by atoms with Gasteiger partial charge in [-0.2, -0.15) is 0 Å². The van der Waals surface area contributed by atoms with Crippen LogP contribution in [0.15, 0.2) is 48.5 Å². The molecule has 2 aromatic carbocycles. The highest BCUT2D eigenvalue weighted by molar-refractivity contribution is 5.78. The quantitative estimate of drug-likeness (QED) is 0.747. The molecule has 6 heteroatoms. The Kier molecular flexibility index (Phi) is 6.90. The van der Waals surface area contributed by atoms with Gasteiger partial charge in [0.25, 0.3) is 0 Å². The van der Waals surface area contributed by atoms with E-state index in [-0.39, 0.29) is 24.0 Å². The summed E-state index contributed by atoms with van der Waals surface area (Å²) in [5, 5.41) is 0. The Morgan fingerprint density at radius 2 is 1.74 bits per heavy atom. The molecule has 0 unspecified atom stereocenters. The summed E-state index contributed by atoms with van der Waals surface area (Å²) in [6, 6.07) is 12.3. The number of carbonyl (C=O) groups excluding carboxylic acids is 1. The van der Waals surface area contributed by atoms with Gasteiger partial charge >= 0.3 is 0 Å². The maximum atomic E-state index is 13.5. The fraction of sp³-hybridized carbons (Fsp3) is 0.381. The molecule has 3 rings (SSSR count). The van der Waals surface area contributed by atoms with Crippen LogP contribution in [0, 0.1) is 11.6 Å². The maximum Gasteiger partial charge on any atom is 0.227 e. The molecular weight excluding hydrogens is 350 g/mol. The first-order valence-corrected chi connectivity index (χ1v) is 9.17. The van der Waals surface area contributed by atoms with Gasteiger partial charge in [-0.05, 0) is 35.4 Å². The Bertz CT molecular complexity index is 746. The lowest BCUT2D eigenvalue weighted by atomic mass is 10.1. The van der Waals surface area contributed by atoms with Crippen molar-refractivity contribution in [2.75, 3.05) is 39.4 Å². The summed E-state index contributed by atoms with van der Waals surface area (Å²) in [5.41, 5.74) is 1.52. The van der Waals surface area contributed by atoms with Crippen LogP contribution in [-0.4, -0.2) is 55.1 Å². The zero-order valence-electron chi connectivity index (χ0n) is 15.2. The van der Waals surface area contributed by atoms with E-state index in [9.17, 15) is 13.6 Å². The molecular formula is C21H24F2N2O2. The molecule has 1 amide bonds. The van der Waals surface area contributed by atoms with Crippen LogP contribution in [-0.2, 0) is 22.5 Å². The van der Waals surface area contributed by atoms with Gasteiger partial charge in [0.2, 0.25) is 5.91 Å². The number of benzene rings is 2. The summed E-state index contributed by atoms with van der Waals surface area (Å²) in [6.45, 7) is 4.74. The van der Waals surface area contributed by atoms with E-state index in [1.54, 1.807) is 23.1 Å². The van der Waals surface area contributed by atoms with Crippen molar-refractivity contribution in [3.05, 3.63) is 71.3 Å². The molecule has 1 saturated heterocycles. The predicted molar refractivity (Wildman–Crippen MR) is 99.2 cm³/mol. The second kappa shape index (κ2) is 9.58. The summed E-state index contributed by atoms with van der Waals surface area (Å²) in [5.74, 6) is -0.694. The lowest BCUT2D eigenvalue weighted by molar-refractivity contribution is -0.131. The molecule has 1 aliphatic rings. The summed E-state index contributed by atoms with van der Waals surface area (Å²) in [7, 11) is 0. The monoisotopic (exact) mass is 374 g/mol. The van der Waals surface area contributed by atoms with Gasteiger partial charge in [-0.3, -0.25) is 9.69 Å². The number of halogens is 2. The average Bonchev–Trinajstić information content (AvgIpc) is 2.68. The van der Waals surface area contributed by atoms with Crippen LogP contribution < -0.4 is 0 Å². The molecule has 144 valence electrons. The van der Waals surface area contributed by atoms with Gasteiger partial charge < -0.3 is 9.64 Å². The normalized spacial score (nSPS) is 14.9. The molecule has 4 nitrogen and oxygen atoms in total. The van der Waals surface area contributed by atoms with Crippen LogP contribution in [0.25, 0.3) is 0 Å². The van der Waals surface area contributed by atoms with E-state index < -0.39 is 0 Å². The van der Waals surface area contributed by atoms with Gasteiger partial charge in [0.1, 0.15) is 11.6 Å². The van der Waals surface area contributed by atoms with Crippen molar-refractivity contribution in [3.63, 3.8) is 0 Å². The van der Waals surface area contributed by atoms with Crippen molar-refractivity contribution in [2.45, 2.75) is 13.0 Å². The Labute approximate surface area is 158 Å². The van der Waals surface area contributed by atoms with Gasteiger partial charge in [-0.15, -0.1) is 0 Å². The Balaban J connectivity index is 1.66. The van der Waals surface area contributed by atoms with Crippen molar-refractivity contribution in [2.24, 2.45) is 0 Å². The Morgan fingerprint density at radius 3 is 2.44 bits per heavy atom. The molecule has 1 heterocycles. The molecule has 0 spiro atoms. The molecule has 0 aliphatic carbocycles.